The molecule has 22 heavy (non-hydrogen) atoms. The van der Waals surface area contributed by atoms with Gasteiger partial charge in [-0.1, -0.05) is 18.2 Å². The van der Waals surface area contributed by atoms with Gasteiger partial charge < -0.3 is 15.2 Å². The number of rotatable bonds is 4. The number of aromatic nitrogens is 1. The normalized spacial score (nSPS) is 14.3. The van der Waals surface area contributed by atoms with Crippen molar-refractivity contribution in [2.45, 2.75) is 19.3 Å². The molecule has 0 atom stereocenters. The second kappa shape index (κ2) is 9.03. The number of nitrogens with one attached hydrogen (secondary N) is 2. The second-order valence-electron chi connectivity index (χ2n) is 5.34. The number of piperazine rings is 1. The van der Waals surface area contributed by atoms with Crippen LogP contribution in [0.15, 0.2) is 30.5 Å². The van der Waals surface area contributed by atoms with Crippen molar-refractivity contribution >= 4 is 41.6 Å². The van der Waals surface area contributed by atoms with Crippen LogP contribution in [0.1, 0.15) is 18.4 Å². The zero-order chi connectivity index (χ0) is 13.8. The van der Waals surface area contributed by atoms with E-state index in [2.05, 4.69) is 34.7 Å². The van der Waals surface area contributed by atoms with E-state index in [4.69, 9.17) is 0 Å². The van der Waals surface area contributed by atoms with Gasteiger partial charge in [0, 0.05) is 49.7 Å². The van der Waals surface area contributed by atoms with Crippen molar-refractivity contribution in [2.75, 3.05) is 26.2 Å². The highest BCUT2D eigenvalue weighted by Gasteiger charge is 2.15. The van der Waals surface area contributed by atoms with Crippen molar-refractivity contribution in [2.24, 2.45) is 0 Å². The van der Waals surface area contributed by atoms with Gasteiger partial charge in [0.2, 0.25) is 5.91 Å². The summed E-state index contributed by atoms with van der Waals surface area (Å²) in [5.74, 6) is 0.298. The Morgan fingerprint density at radius 1 is 1.14 bits per heavy atom. The smallest absolute Gasteiger partial charge is 0.222 e. The predicted molar refractivity (Wildman–Crippen MR) is 95.2 cm³/mol. The maximum absolute atomic E-state index is 12.1. The first-order chi connectivity index (χ1) is 9.84. The third-order valence-corrected chi connectivity index (χ3v) is 3.98. The van der Waals surface area contributed by atoms with Crippen LogP contribution in [0.5, 0.6) is 0 Å². The minimum atomic E-state index is 0. The summed E-state index contributed by atoms with van der Waals surface area (Å²) >= 11 is 0. The highest BCUT2D eigenvalue weighted by atomic mass is 35.5. The second-order valence-corrected chi connectivity index (χ2v) is 5.34. The molecule has 1 aliphatic heterocycles. The molecule has 1 aromatic heterocycles. The average Bonchev–Trinajstić information content (AvgIpc) is 2.92. The lowest BCUT2D eigenvalue weighted by molar-refractivity contribution is -0.131. The Balaban J connectivity index is 0.00000121. The number of aryl methyl sites for hydroxylation is 1. The molecule has 3 rings (SSSR count). The Bertz CT molecular complexity index is 594. The van der Waals surface area contributed by atoms with Gasteiger partial charge in [-0.05, 0) is 24.5 Å². The summed E-state index contributed by atoms with van der Waals surface area (Å²) in [6, 6.07) is 8.33. The molecule has 122 valence electrons. The number of fused-ring (bicyclic) bond motifs is 1. The van der Waals surface area contributed by atoms with E-state index >= 15 is 0 Å². The van der Waals surface area contributed by atoms with Crippen LogP contribution >= 0.6 is 24.8 Å². The van der Waals surface area contributed by atoms with E-state index in [1.165, 1.54) is 16.5 Å². The Hall–Kier alpha value is -1.23. The molecule has 0 bridgehead atoms. The molecule has 2 aromatic rings. The molecule has 0 aliphatic carbocycles. The molecule has 1 amide bonds. The summed E-state index contributed by atoms with van der Waals surface area (Å²) in [5.41, 5.74) is 2.49. The van der Waals surface area contributed by atoms with Crippen LogP contribution < -0.4 is 5.32 Å². The van der Waals surface area contributed by atoms with Crippen LogP contribution in [0.4, 0.5) is 0 Å². The van der Waals surface area contributed by atoms with Crippen LogP contribution in [-0.4, -0.2) is 42.0 Å². The molecule has 1 saturated heterocycles. The number of hydrogen-bond acceptors (Lipinski definition) is 2. The van der Waals surface area contributed by atoms with E-state index in [9.17, 15) is 4.79 Å². The number of H-pyrrole nitrogens is 1. The van der Waals surface area contributed by atoms with E-state index in [0.717, 1.165) is 39.0 Å². The zero-order valence-electron chi connectivity index (χ0n) is 12.5. The quantitative estimate of drug-likeness (QED) is 0.896. The number of para-hydroxylation sites is 1. The molecule has 0 spiro atoms. The summed E-state index contributed by atoms with van der Waals surface area (Å²) in [4.78, 5) is 17.3. The van der Waals surface area contributed by atoms with E-state index in [0.29, 0.717) is 12.3 Å². The maximum atomic E-state index is 12.1. The fourth-order valence-electron chi connectivity index (χ4n) is 2.84. The fourth-order valence-corrected chi connectivity index (χ4v) is 2.84. The molecule has 2 heterocycles. The molecule has 2 N–H and O–H groups in total. The van der Waals surface area contributed by atoms with Gasteiger partial charge in [0.1, 0.15) is 0 Å². The highest BCUT2D eigenvalue weighted by Crippen LogP contribution is 2.19. The summed E-state index contributed by atoms with van der Waals surface area (Å²) in [7, 11) is 0. The van der Waals surface area contributed by atoms with Crippen molar-refractivity contribution in [3.8, 4) is 0 Å². The third kappa shape index (κ3) is 4.38. The lowest BCUT2D eigenvalue weighted by Gasteiger charge is -2.27. The van der Waals surface area contributed by atoms with Gasteiger partial charge >= 0.3 is 0 Å². The number of hydrogen-bond donors (Lipinski definition) is 2. The Labute approximate surface area is 143 Å². The predicted octanol–water partition coefficient (Wildman–Crippen LogP) is 2.77. The van der Waals surface area contributed by atoms with Crippen molar-refractivity contribution in [1.82, 2.24) is 15.2 Å². The number of carbonyl (C=O) groups excluding carboxylic acids is 1. The molecule has 0 radical (unpaired) electrons. The molecular formula is C16H23Cl2N3O. The van der Waals surface area contributed by atoms with Crippen molar-refractivity contribution in [1.29, 1.82) is 0 Å². The average molecular weight is 344 g/mol. The Kier molecular flexibility index (Phi) is 7.73. The number of carbonyl (C=O) groups is 1. The number of nitrogens with zero attached hydrogens (tertiary/aromatic N) is 1. The van der Waals surface area contributed by atoms with Crippen molar-refractivity contribution < 1.29 is 4.79 Å². The highest BCUT2D eigenvalue weighted by molar-refractivity contribution is 5.85. The summed E-state index contributed by atoms with van der Waals surface area (Å²) in [6.45, 7) is 3.56. The summed E-state index contributed by atoms with van der Waals surface area (Å²) in [5, 5.41) is 4.55. The van der Waals surface area contributed by atoms with Gasteiger partial charge in [0.25, 0.3) is 0 Å². The van der Waals surface area contributed by atoms with Gasteiger partial charge in [-0.15, -0.1) is 24.8 Å². The van der Waals surface area contributed by atoms with Gasteiger partial charge in [-0.25, -0.2) is 0 Å². The van der Waals surface area contributed by atoms with Gasteiger partial charge in [-0.2, -0.15) is 0 Å². The number of benzene rings is 1. The van der Waals surface area contributed by atoms with Crippen LogP contribution in [0.2, 0.25) is 0 Å². The molecule has 0 saturated carbocycles. The molecule has 0 unspecified atom stereocenters. The number of aromatic amines is 1. The monoisotopic (exact) mass is 343 g/mol. The Morgan fingerprint density at radius 2 is 1.86 bits per heavy atom. The first kappa shape index (κ1) is 18.8. The summed E-state index contributed by atoms with van der Waals surface area (Å²) in [6.07, 6.45) is 4.60. The largest absolute Gasteiger partial charge is 0.361 e. The molecule has 1 fully saturated rings. The lowest BCUT2D eigenvalue weighted by atomic mass is 10.1. The molecule has 1 aromatic carbocycles. The van der Waals surface area contributed by atoms with E-state index in [1.54, 1.807) is 0 Å². The van der Waals surface area contributed by atoms with E-state index < -0.39 is 0 Å². The van der Waals surface area contributed by atoms with Crippen molar-refractivity contribution in [3.05, 3.63) is 36.0 Å². The lowest BCUT2D eigenvalue weighted by Crippen LogP contribution is -2.46. The number of amides is 1. The first-order valence-corrected chi connectivity index (χ1v) is 7.38. The van der Waals surface area contributed by atoms with Gasteiger partial charge in [0.15, 0.2) is 0 Å². The van der Waals surface area contributed by atoms with Crippen LogP contribution in [-0.2, 0) is 11.2 Å². The Morgan fingerprint density at radius 3 is 2.64 bits per heavy atom. The van der Waals surface area contributed by atoms with Crippen LogP contribution in [0.25, 0.3) is 10.9 Å². The van der Waals surface area contributed by atoms with Gasteiger partial charge in [0.05, 0.1) is 0 Å². The summed E-state index contributed by atoms with van der Waals surface area (Å²) < 4.78 is 0. The first-order valence-electron chi connectivity index (χ1n) is 7.38. The molecule has 4 nitrogen and oxygen atoms in total. The van der Waals surface area contributed by atoms with Crippen LogP contribution in [0.3, 0.4) is 0 Å². The fraction of sp³-hybridized carbons (Fsp3) is 0.438. The standard InChI is InChI=1S/C16H21N3O.2ClH/c20-16(19-10-8-17-9-11-19)7-3-4-13-12-18-15-6-2-1-5-14(13)15;;/h1-2,5-6,12,17-18H,3-4,7-11H2;2*1H. The third-order valence-electron chi connectivity index (χ3n) is 3.98. The maximum Gasteiger partial charge on any atom is 0.222 e. The van der Waals surface area contributed by atoms with Crippen LogP contribution in [0, 0.1) is 0 Å². The number of halogens is 2. The van der Waals surface area contributed by atoms with Crippen molar-refractivity contribution in [3.63, 3.8) is 0 Å². The molecule has 6 heteroatoms. The van der Waals surface area contributed by atoms with E-state index in [-0.39, 0.29) is 24.8 Å². The molecule has 1 aliphatic rings. The minimum Gasteiger partial charge on any atom is -0.361 e. The molecular weight excluding hydrogens is 321 g/mol. The zero-order valence-corrected chi connectivity index (χ0v) is 14.1. The topological polar surface area (TPSA) is 48.1 Å². The SMILES string of the molecule is Cl.Cl.O=C(CCCc1c[nH]c2ccccc12)N1CCNCC1. The minimum absolute atomic E-state index is 0. The van der Waals surface area contributed by atoms with Gasteiger partial charge in [-0.3, -0.25) is 4.79 Å². The van der Waals surface area contributed by atoms with E-state index in [1.807, 2.05) is 11.0 Å².